The van der Waals surface area contributed by atoms with Gasteiger partial charge in [0.1, 0.15) is 0 Å². The molecule has 1 fully saturated rings. The molecule has 1 heteroatoms. The van der Waals surface area contributed by atoms with E-state index in [0.717, 1.165) is 0 Å². The maximum Gasteiger partial charge on any atom is 0.0104 e. The van der Waals surface area contributed by atoms with E-state index in [1.807, 2.05) is 0 Å². The first-order valence-corrected chi connectivity index (χ1v) is 6.30. The molecule has 0 spiro atoms. The minimum atomic E-state index is 0.703. The quantitative estimate of drug-likeness (QED) is 0.812. The van der Waals surface area contributed by atoms with Gasteiger partial charge in [-0.2, -0.15) is 0 Å². The second-order valence-corrected chi connectivity index (χ2v) is 4.75. The Hall–Kier alpha value is -1.08. The lowest BCUT2D eigenvalue weighted by Crippen LogP contribution is -2.33. The molecule has 1 atom stereocenters. The Bertz CT molecular complexity index is 334. The fourth-order valence-electron chi connectivity index (χ4n) is 2.38. The van der Waals surface area contributed by atoms with Crippen molar-refractivity contribution < 1.29 is 0 Å². The van der Waals surface area contributed by atoms with Gasteiger partial charge in [0.2, 0.25) is 0 Å². The van der Waals surface area contributed by atoms with E-state index in [2.05, 4.69) is 48.6 Å². The molecule has 1 aliphatic rings. The van der Waals surface area contributed by atoms with E-state index in [4.69, 9.17) is 0 Å². The summed E-state index contributed by atoms with van der Waals surface area (Å²) in [5.74, 6) is 0. The molecule has 0 aliphatic carbocycles. The smallest absolute Gasteiger partial charge is 0.0104 e. The van der Waals surface area contributed by atoms with Crippen molar-refractivity contribution in [3.63, 3.8) is 0 Å². The van der Waals surface area contributed by atoms with Gasteiger partial charge in [0.15, 0.2) is 0 Å². The molecular weight excluding hydrogens is 194 g/mol. The van der Waals surface area contributed by atoms with Crippen LogP contribution in [-0.4, -0.2) is 12.6 Å². The van der Waals surface area contributed by atoms with Crippen LogP contribution in [0, 0.1) is 0 Å². The van der Waals surface area contributed by atoms with Crippen LogP contribution in [0.1, 0.15) is 38.2 Å². The summed E-state index contributed by atoms with van der Waals surface area (Å²) in [7, 11) is 0. The van der Waals surface area contributed by atoms with Crippen LogP contribution in [-0.2, 0) is 0 Å². The summed E-state index contributed by atoms with van der Waals surface area (Å²) >= 11 is 0. The molecule has 1 nitrogen and oxygen atoms in total. The predicted octanol–water partition coefficient (Wildman–Crippen LogP) is 3.62. The van der Waals surface area contributed by atoms with Crippen LogP contribution < -0.4 is 5.32 Å². The highest BCUT2D eigenvalue weighted by molar-refractivity contribution is 5.52. The second-order valence-electron chi connectivity index (χ2n) is 4.75. The van der Waals surface area contributed by atoms with Crippen LogP contribution in [0.2, 0.25) is 0 Å². The standard InChI is InChI=1S/C15H21N/c1-13(11-14-7-3-2-4-8-14)12-15-9-5-6-10-16-15/h2-4,7-8,11,15-16H,5-6,9-10,12H2,1H3/b13-11-. The SMILES string of the molecule is C/C(=C/c1ccccc1)CC1CCCCN1. The van der Waals surface area contributed by atoms with Gasteiger partial charge >= 0.3 is 0 Å². The number of hydrogen-bond donors (Lipinski definition) is 1. The summed E-state index contributed by atoms with van der Waals surface area (Å²) in [6.07, 6.45) is 7.55. The van der Waals surface area contributed by atoms with Crippen LogP contribution in [0.4, 0.5) is 0 Å². The summed E-state index contributed by atoms with van der Waals surface area (Å²) in [4.78, 5) is 0. The molecule has 1 heterocycles. The summed E-state index contributed by atoms with van der Waals surface area (Å²) in [6.45, 7) is 3.44. The van der Waals surface area contributed by atoms with Gasteiger partial charge in [0.05, 0.1) is 0 Å². The van der Waals surface area contributed by atoms with Gasteiger partial charge in [-0.1, -0.05) is 48.4 Å². The Morgan fingerprint density at radius 3 is 2.81 bits per heavy atom. The minimum Gasteiger partial charge on any atom is -0.314 e. The normalized spacial score (nSPS) is 22.1. The number of hydrogen-bond acceptors (Lipinski definition) is 1. The molecule has 0 radical (unpaired) electrons. The third-order valence-electron chi connectivity index (χ3n) is 3.19. The maximum absolute atomic E-state index is 3.59. The highest BCUT2D eigenvalue weighted by atomic mass is 14.9. The van der Waals surface area contributed by atoms with Gasteiger partial charge in [0.25, 0.3) is 0 Å². The first kappa shape index (κ1) is 11.4. The molecular formula is C15H21N. The minimum absolute atomic E-state index is 0.703. The Morgan fingerprint density at radius 2 is 2.12 bits per heavy atom. The molecule has 1 aromatic carbocycles. The van der Waals surface area contributed by atoms with Crippen LogP contribution >= 0.6 is 0 Å². The molecule has 16 heavy (non-hydrogen) atoms. The Labute approximate surface area is 98.6 Å². The molecule has 86 valence electrons. The fraction of sp³-hybridized carbons (Fsp3) is 0.467. The first-order valence-electron chi connectivity index (χ1n) is 6.30. The summed E-state index contributed by atoms with van der Waals surface area (Å²) < 4.78 is 0. The largest absolute Gasteiger partial charge is 0.314 e. The van der Waals surface area contributed by atoms with Crippen molar-refractivity contribution in [1.82, 2.24) is 5.32 Å². The van der Waals surface area contributed by atoms with E-state index in [9.17, 15) is 0 Å². The lowest BCUT2D eigenvalue weighted by Gasteiger charge is -2.23. The molecule has 1 unspecified atom stereocenters. The van der Waals surface area contributed by atoms with E-state index in [0.29, 0.717) is 6.04 Å². The molecule has 0 bridgehead atoms. The Balaban J connectivity index is 1.91. The topological polar surface area (TPSA) is 12.0 Å². The second kappa shape index (κ2) is 5.86. The number of nitrogens with one attached hydrogen (secondary N) is 1. The van der Waals surface area contributed by atoms with Crippen LogP contribution in [0.3, 0.4) is 0 Å². The lowest BCUT2D eigenvalue weighted by atomic mass is 9.97. The molecule has 1 aromatic rings. The van der Waals surface area contributed by atoms with Gasteiger partial charge in [-0.3, -0.25) is 0 Å². The number of benzene rings is 1. The summed E-state index contributed by atoms with van der Waals surface area (Å²) in [5.41, 5.74) is 2.79. The maximum atomic E-state index is 3.59. The van der Waals surface area contributed by atoms with Gasteiger partial charge in [-0.25, -0.2) is 0 Å². The fourth-order valence-corrected chi connectivity index (χ4v) is 2.38. The summed E-state index contributed by atoms with van der Waals surface area (Å²) in [5, 5.41) is 3.59. The molecule has 1 N–H and O–H groups in total. The molecule has 0 amide bonds. The van der Waals surface area contributed by atoms with E-state index in [1.54, 1.807) is 0 Å². The van der Waals surface area contributed by atoms with Crippen molar-refractivity contribution in [2.45, 2.75) is 38.6 Å². The highest BCUT2D eigenvalue weighted by Gasteiger charge is 2.12. The molecule has 0 aromatic heterocycles. The third kappa shape index (κ3) is 3.49. The van der Waals surface area contributed by atoms with Crippen molar-refractivity contribution in [1.29, 1.82) is 0 Å². The van der Waals surface area contributed by atoms with Gasteiger partial charge in [-0.05, 0) is 38.3 Å². The zero-order chi connectivity index (χ0) is 11.2. The van der Waals surface area contributed by atoms with Crippen molar-refractivity contribution in [2.75, 3.05) is 6.54 Å². The van der Waals surface area contributed by atoms with Gasteiger partial charge < -0.3 is 5.32 Å². The summed E-state index contributed by atoms with van der Waals surface area (Å²) in [6, 6.07) is 11.3. The van der Waals surface area contributed by atoms with Gasteiger partial charge in [-0.15, -0.1) is 0 Å². The molecule has 1 aliphatic heterocycles. The van der Waals surface area contributed by atoms with Crippen LogP contribution in [0.15, 0.2) is 35.9 Å². The highest BCUT2D eigenvalue weighted by Crippen LogP contribution is 2.16. The molecule has 0 saturated carbocycles. The Morgan fingerprint density at radius 1 is 1.31 bits per heavy atom. The van der Waals surface area contributed by atoms with Gasteiger partial charge in [0, 0.05) is 6.04 Å². The average Bonchev–Trinajstić information content (AvgIpc) is 2.31. The first-order chi connectivity index (χ1) is 7.84. The Kier molecular flexibility index (Phi) is 4.17. The zero-order valence-corrected chi connectivity index (χ0v) is 10.1. The third-order valence-corrected chi connectivity index (χ3v) is 3.19. The predicted molar refractivity (Wildman–Crippen MR) is 70.4 cm³/mol. The van der Waals surface area contributed by atoms with Crippen molar-refractivity contribution in [2.24, 2.45) is 0 Å². The van der Waals surface area contributed by atoms with Crippen LogP contribution in [0.5, 0.6) is 0 Å². The molecule has 1 saturated heterocycles. The van der Waals surface area contributed by atoms with Crippen molar-refractivity contribution in [3.8, 4) is 0 Å². The van der Waals surface area contributed by atoms with Crippen molar-refractivity contribution in [3.05, 3.63) is 41.5 Å². The van der Waals surface area contributed by atoms with Crippen LogP contribution in [0.25, 0.3) is 6.08 Å². The average molecular weight is 215 g/mol. The lowest BCUT2D eigenvalue weighted by molar-refractivity contribution is 0.399. The van der Waals surface area contributed by atoms with E-state index < -0.39 is 0 Å². The zero-order valence-electron chi connectivity index (χ0n) is 10.1. The van der Waals surface area contributed by atoms with E-state index in [1.165, 1.54) is 43.4 Å². The monoisotopic (exact) mass is 215 g/mol. The van der Waals surface area contributed by atoms with E-state index >= 15 is 0 Å². The number of rotatable bonds is 3. The number of piperidine rings is 1. The molecule has 2 rings (SSSR count). The van der Waals surface area contributed by atoms with Crippen molar-refractivity contribution >= 4 is 6.08 Å². The van der Waals surface area contributed by atoms with E-state index in [-0.39, 0.29) is 0 Å².